The molecule has 2 aliphatic rings. The van der Waals surface area contributed by atoms with Crippen LogP contribution in [0.5, 0.6) is 0 Å². The number of imide groups is 1. The number of carbonyl (C=O) groups is 3. The molecule has 33 heavy (non-hydrogen) atoms. The molecule has 1 aliphatic carbocycles. The highest BCUT2D eigenvalue weighted by Gasteiger charge is 2.52. The number of hydrogen-bond donors (Lipinski definition) is 2. The second-order valence-electron chi connectivity index (χ2n) is 8.16. The maximum atomic E-state index is 13.2. The SMILES string of the molecule is O=C(NCc1ccc(F)cc1)c1nnc(CN2C(=O)NC3(CCc4ccccc4C3)C2=O)s1. The first-order valence-electron chi connectivity index (χ1n) is 10.5. The van der Waals surface area contributed by atoms with Gasteiger partial charge in [0.25, 0.3) is 11.8 Å². The van der Waals surface area contributed by atoms with Gasteiger partial charge in [-0.1, -0.05) is 47.7 Å². The number of nitrogens with one attached hydrogen (secondary N) is 2. The van der Waals surface area contributed by atoms with E-state index in [-0.39, 0.29) is 29.8 Å². The summed E-state index contributed by atoms with van der Waals surface area (Å²) in [7, 11) is 0. The van der Waals surface area contributed by atoms with Crippen molar-refractivity contribution in [1.82, 2.24) is 25.7 Å². The van der Waals surface area contributed by atoms with Gasteiger partial charge < -0.3 is 10.6 Å². The summed E-state index contributed by atoms with van der Waals surface area (Å²) in [6, 6.07) is 13.3. The minimum Gasteiger partial charge on any atom is -0.346 e. The number of amides is 4. The Morgan fingerprint density at radius 3 is 2.67 bits per heavy atom. The van der Waals surface area contributed by atoms with Crippen molar-refractivity contribution < 1.29 is 18.8 Å². The topological polar surface area (TPSA) is 104 Å². The lowest BCUT2D eigenvalue weighted by Gasteiger charge is -2.32. The lowest BCUT2D eigenvalue weighted by atomic mass is 9.78. The Morgan fingerprint density at radius 1 is 1.12 bits per heavy atom. The molecular formula is C23H20FN5O3S. The van der Waals surface area contributed by atoms with Crippen LogP contribution in [0.2, 0.25) is 0 Å². The molecule has 168 valence electrons. The second kappa shape index (κ2) is 8.36. The van der Waals surface area contributed by atoms with E-state index in [9.17, 15) is 18.8 Å². The zero-order valence-corrected chi connectivity index (χ0v) is 18.3. The predicted octanol–water partition coefficient (Wildman–Crippen LogP) is 2.59. The van der Waals surface area contributed by atoms with Crippen molar-refractivity contribution in [2.45, 2.75) is 37.9 Å². The molecule has 8 nitrogen and oxygen atoms in total. The third kappa shape index (κ3) is 4.09. The summed E-state index contributed by atoms with van der Waals surface area (Å²) in [5.74, 6) is -1.06. The number of rotatable bonds is 5. The molecule has 1 unspecified atom stereocenters. The number of halogens is 1. The fourth-order valence-corrected chi connectivity index (χ4v) is 4.99. The minimum absolute atomic E-state index is 0.0447. The number of fused-ring (bicyclic) bond motifs is 1. The molecule has 2 aromatic carbocycles. The third-order valence-corrected chi connectivity index (χ3v) is 6.91. The lowest BCUT2D eigenvalue weighted by Crippen LogP contribution is -2.51. The molecule has 1 aromatic heterocycles. The number of aromatic nitrogens is 2. The molecule has 2 heterocycles. The first-order chi connectivity index (χ1) is 15.9. The molecule has 10 heteroatoms. The molecule has 4 amide bonds. The second-order valence-corrected chi connectivity index (χ2v) is 9.22. The molecule has 2 N–H and O–H groups in total. The number of benzene rings is 2. The summed E-state index contributed by atoms with van der Waals surface area (Å²) in [5.41, 5.74) is 2.07. The van der Waals surface area contributed by atoms with Gasteiger partial charge in [0.1, 0.15) is 16.4 Å². The minimum atomic E-state index is -0.939. The molecule has 1 atom stereocenters. The first kappa shape index (κ1) is 21.2. The Kier molecular flexibility index (Phi) is 5.37. The number of hydrogen-bond acceptors (Lipinski definition) is 6. The lowest BCUT2D eigenvalue weighted by molar-refractivity contribution is -0.132. The maximum absolute atomic E-state index is 13.2. The normalized spacial score (nSPS) is 19.5. The fourth-order valence-electron chi connectivity index (χ4n) is 4.25. The van der Waals surface area contributed by atoms with Crippen LogP contribution in [-0.4, -0.2) is 38.5 Å². The zero-order chi connectivity index (χ0) is 23.0. The van der Waals surface area contributed by atoms with E-state index in [4.69, 9.17) is 0 Å². The molecule has 1 spiro atoms. The zero-order valence-electron chi connectivity index (χ0n) is 17.5. The summed E-state index contributed by atoms with van der Waals surface area (Å²) in [4.78, 5) is 39.4. The molecular weight excluding hydrogens is 445 g/mol. The number of carbonyl (C=O) groups excluding carboxylic acids is 3. The van der Waals surface area contributed by atoms with Crippen molar-refractivity contribution >= 4 is 29.2 Å². The van der Waals surface area contributed by atoms with E-state index in [2.05, 4.69) is 20.8 Å². The molecule has 1 aliphatic heterocycles. The molecule has 0 radical (unpaired) electrons. The van der Waals surface area contributed by atoms with Gasteiger partial charge in [-0.3, -0.25) is 14.5 Å². The van der Waals surface area contributed by atoms with Crippen LogP contribution >= 0.6 is 11.3 Å². The highest BCUT2D eigenvalue weighted by Crippen LogP contribution is 2.34. The average Bonchev–Trinajstić information content (AvgIpc) is 3.38. The average molecular weight is 466 g/mol. The monoisotopic (exact) mass is 465 g/mol. The quantitative estimate of drug-likeness (QED) is 0.564. The molecule has 1 fully saturated rings. The summed E-state index contributed by atoms with van der Waals surface area (Å²) in [6.45, 7) is 0.169. The van der Waals surface area contributed by atoms with Gasteiger partial charge in [-0.05, 0) is 41.7 Å². The predicted molar refractivity (Wildman–Crippen MR) is 118 cm³/mol. The fraction of sp³-hybridized carbons (Fsp3) is 0.261. The van der Waals surface area contributed by atoms with Gasteiger partial charge in [-0.25, -0.2) is 9.18 Å². The van der Waals surface area contributed by atoms with Crippen LogP contribution in [0.3, 0.4) is 0 Å². The van der Waals surface area contributed by atoms with Gasteiger partial charge in [0, 0.05) is 13.0 Å². The molecule has 5 rings (SSSR count). The van der Waals surface area contributed by atoms with Crippen LogP contribution in [0.4, 0.5) is 9.18 Å². The Hall–Kier alpha value is -3.66. The summed E-state index contributed by atoms with van der Waals surface area (Å²) < 4.78 is 13.0. The molecule has 1 saturated heterocycles. The van der Waals surface area contributed by atoms with E-state index in [1.165, 1.54) is 17.7 Å². The highest BCUT2D eigenvalue weighted by molar-refractivity contribution is 7.13. The Balaban J connectivity index is 1.24. The van der Waals surface area contributed by atoms with Gasteiger partial charge in [0.2, 0.25) is 5.01 Å². The smallest absolute Gasteiger partial charge is 0.325 e. The van der Waals surface area contributed by atoms with Crippen LogP contribution in [0, 0.1) is 5.82 Å². The van der Waals surface area contributed by atoms with E-state index < -0.39 is 17.5 Å². The van der Waals surface area contributed by atoms with Crippen molar-refractivity contribution in [3.05, 3.63) is 81.1 Å². The van der Waals surface area contributed by atoms with Crippen molar-refractivity contribution in [1.29, 1.82) is 0 Å². The third-order valence-electron chi connectivity index (χ3n) is 6.00. The van der Waals surface area contributed by atoms with Crippen LogP contribution in [0.15, 0.2) is 48.5 Å². The van der Waals surface area contributed by atoms with E-state index in [0.29, 0.717) is 24.3 Å². The molecule has 3 aromatic rings. The van der Waals surface area contributed by atoms with E-state index in [0.717, 1.165) is 27.4 Å². The number of aryl methyl sites for hydroxylation is 1. The Labute approximate surface area is 192 Å². The van der Waals surface area contributed by atoms with Gasteiger partial charge in [0.05, 0.1) is 6.54 Å². The Bertz CT molecular complexity index is 1240. The summed E-state index contributed by atoms with van der Waals surface area (Å²) in [6.07, 6.45) is 1.71. The van der Waals surface area contributed by atoms with Crippen molar-refractivity contribution in [3.8, 4) is 0 Å². The largest absolute Gasteiger partial charge is 0.346 e. The van der Waals surface area contributed by atoms with E-state index in [1.54, 1.807) is 12.1 Å². The van der Waals surface area contributed by atoms with Gasteiger partial charge >= 0.3 is 6.03 Å². The van der Waals surface area contributed by atoms with Crippen molar-refractivity contribution in [2.24, 2.45) is 0 Å². The van der Waals surface area contributed by atoms with Gasteiger partial charge in [-0.15, -0.1) is 10.2 Å². The van der Waals surface area contributed by atoms with Crippen molar-refractivity contribution in [2.75, 3.05) is 0 Å². The summed E-state index contributed by atoms with van der Waals surface area (Å²) >= 11 is 1.02. The standard InChI is InChI=1S/C23H20FN5O3S/c24-17-7-5-14(6-8-17)12-25-19(30)20-28-27-18(33-20)13-29-21(31)23(26-22(29)32)10-9-15-3-1-2-4-16(15)11-23/h1-8H,9-13H2,(H,25,30)(H,26,32). The Morgan fingerprint density at radius 2 is 1.88 bits per heavy atom. The van der Waals surface area contributed by atoms with Crippen LogP contribution in [-0.2, 0) is 30.7 Å². The van der Waals surface area contributed by atoms with Gasteiger partial charge in [-0.2, -0.15) is 0 Å². The van der Waals surface area contributed by atoms with E-state index >= 15 is 0 Å². The van der Waals surface area contributed by atoms with Gasteiger partial charge in [0.15, 0.2) is 0 Å². The first-order valence-corrected chi connectivity index (χ1v) is 11.3. The molecule has 0 saturated carbocycles. The van der Waals surface area contributed by atoms with Crippen LogP contribution in [0.1, 0.15) is 37.9 Å². The highest BCUT2D eigenvalue weighted by atomic mass is 32.1. The number of urea groups is 1. The van der Waals surface area contributed by atoms with E-state index in [1.807, 2.05) is 24.3 Å². The molecule has 0 bridgehead atoms. The number of nitrogens with zero attached hydrogens (tertiary/aromatic N) is 3. The maximum Gasteiger partial charge on any atom is 0.325 e. The van der Waals surface area contributed by atoms with Crippen LogP contribution < -0.4 is 10.6 Å². The van der Waals surface area contributed by atoms with Crippen molar-refractivity contribution in [3.63, 3.8) is 0 Å². The van der Waals surface area contributed by atoms with Crippen LogP contribution in [0.25, 0.3) is 0 Å². The summed E-state index contributed by atoms with van der Waals surface area (Å²) in [5, 5.41) is 14.0.